The second-order valence-corrected chi connectivity index (χ2v) is 6.54. The van der Waals surface area contributed by atoms with E-state index >= 15 is 0 Å². The summed E-state index contributed by atoms with van der Waals surface area (Å²) in [6.45, 7) is 0. The maximum absolute atomic E-state index is 11.5. The highest BCUT2D eigenvalue weighted by Gasteiger charge is 2.13. The number of ether oxygens (including phenoxy) is 1. The second kappa shape index (κ2) is 5.46. The van der Waals surface area contributed by atoms with Crippen LogP contribution in [0.4, 0.5) is 5.95 Å². The van der Waals surface area contributed by atoms with E-state index in [1.165, 1.54) is 12.5 Å². The molecule has 7 heteroatoms. The number of benzene rings is 1. The van der Waals surface area contributed by atoms with Crippen molar-refractivity contribution in [2.75, 3.05) is 19.1 Å². The highest BCUT2D eigenvalue weighted by molar-refractivity contribution is 7.89. The monoisotopic (exact) mass is 293 g/mol. The van der Waals surface area contributed by atoms with Crippen LogP contribution in [0.3, 0.4) is 0 Å². The van der Waals surface area contributed by atoms with E-state index in [4.69, 9.17) is 10.5 Å². The number of hydrogen-bond acceptors (Lipinski definition) is 6. The van der Waals surface area contributed by atoms with Crippen LogP contribution in [-0.4, -0.2) is 31.8 Å². The summed E-state index contributed by atoms with van der Waals surface area (Å²) in [4.78, 5) is 8.01. The molecule has 0 aliphatic carbocycles. The van der Waals surface area contributed by atoms with E-state index < -0.39 is 9.84 Å². The van der Waals surface area contributed by atoms with Crippen LogP contribution in [0.15, 0.2) is 30.5 Å². The van der Waals surface area contributed by atoms with Gasteiger partial charge in [-0.3, -0.25) is 0 Å². The molecule has 0 radical (unpaired) electrons. The molecule has 1 aromatic carbocycles. The molecule has 20 heavy (non-hydrogen) atoms. The van der Waals surface area contributed by atoms with Crippen LogP contribution >= 0.6 is 0 Å². The molecular formula is C13H15N3O3S. The van der Waals surface area contributed by atoms with Crippen LogP contribution in [-0.2, 0) is 15.6 Å². The van der Waals surface area contributed by atoms with E-state index in [1.807, 2.05) is 0 Å². The molecule has 2 rings (SSSR count). The molecule has 0 saturated carbocycles. The Balaban J connectivity index is 2.50. The molecule has 0 saturated heterocycles. The van der Waals surface area contributed by atoms with Gasteiger partial charge in [0.05, 0.1) is 18.6 Å². The largest absolute Gasteiger partial charge is 0.497 e. The number of nitrogen functional groups attached to an aromatic ring is 1. The van der Waals surface area contributed by atoms with Gasteiger partial charge < -0.3 is 10.5 Å². The van der Waals surface area contributed by atoms with Gasteiger partial charge in [-0.15, -0.1) is 0 Å². The second-order valence-electron chi connectivity index (χ2n) is 4.40. The summed E-state index contributed by atoms with van der Waals surface area (Å²) in [5, 5.41) is 0. The highest BCUT2D eigenvalue weighted by atomic mass is 32.2. The summed E-state index contributed by atoms with van der Waals surface area (Å²) < 4.78 is 28.0. The van der Waals surface area contributed by atoms with Crippen molar-refractivity contribution >= 4 is 15.8 Å². The summed E-state index contributed by atoms with van der Waals surface area (Å²) in [6.07, 6.45) is 2.62. The van der Waals surface area contributed by atoms with Crippen molar-refractivity contribution in [3.63, 3.8) is 0 Å². The normalized spacial score (nSPS) is 11.3. The Morgan fingerprint density at radius 1 is 1.25 bits per heavy atom. The lowest BCUT2D eigenvalue weighted by Crippen LogP contribution is -2.06. The zero-order valence-electron chi connectivity index (χ0n) is 11.2. The number of nitrogens with zero attached hydrogens (tertiary/aromatic N) is 2. The molecule has 0 aliphatic rings. The minimum absolute atomic E-state index is 0.105. The Hall–Kier alpha value is -2.15. The number of rotatable bonds is 4. The molecule has 0 fully saturated rings. The van der Waals surface area contributed by atoms with E-state index in [0.717, 1.165) is 5.56 Å². The molecule has 0 spiro atoms. The molecule has 0 aliphatic heterocycles. The zero-order valence-corrected chi connectivity index (χ0v) is 12.0. The van der Waals surface area contributed by atoms with E-state index in [-0.39, 0.29) is 11.7 Å². The molecule has 0 bridgehead atoms. The quantitative estimate of drug-likeness (QED) is 0.912. The Morgan fingerprint density at radius 2 is 1.90 bits per heavy atom. The number of methoxy groups -OCH3 is 1. The lowest BCUT2D eigenvalue weighted by atomic mass is 10.1. The van der Waals surface area contributed by atoms with Gasteiger partial charge in [-0.05, 0) is 24.3 Å². The van der Waals surface area contributed by atoms with E-state index in [9.17, 15) is 8.42 Å². The topological polar surface area (TPSA) is 95.2 Å². The smallest absolute Gasteiger partial charge is 0.220 e. The molecule has 2 N–H and O–H groups in total. The van der Waals surface area contributed by atoms with Crippen molar-refractivity contribution in [2.24, 2.45) is 0 Å². The fourth-order valence-electron chi connectivity index (χ4n) is 1.81. The third-order valence-electron chi connectivity index (χ3n) is 2.66. The minimum atomic E-state index is -3.18. The molecule has 1 heterocycles. The molecule has 106 valence electrons. The maximum Gasteiger partial charge on any atom is 0.220 e. The third kappa shape index (κ3) is 3.45. The summed E-state index contributed by atoms with van der Waals surface area (Å²) >= 11 is 0. The van der Waals surface area contributed by atoms with Crippen molar-refractivity contribution in [3.05, 3.63) is 36.0 Å². The Kier molecular flexibility index (Phi) is 3.89. The lowest BCUT2D eigenvalue weighted by molar-refractivity contribution is 0.415. The van der Waals surface area contributed by atoms with Crippen molar-refractivity contribution in [3.8, 4) is 17.0 Å². The van der Waals surface area contributed by atoms with E-state index in [2.05, 4.69) is 9.97 Å². The summed E-state index contributed by atoms with van der Waals surface area (Å²) in [5.41, 5.74) is 7.39. The lowest BCUT2D eigenvalue weighted by Gasteiger charge is -2.09. The minimum Gasteiger partial charge on any atom is -0.497 e. The van der Waals surface area contributed by atoms with Crippen LogP contribution in [0.25, 0.3) is 11.3 Å². The first-order valence-corrected chi connectivity index (χ1v) is 7.88. The van der Waals surface area contributed by atoms with Crippen LogP contribution in [0.5, 0.6) is 5.75 Å². The molecule has 6 nitrogen and oxygen atoms in total. The first kappa shape index (κ1) is 14.3. The summed E-state index contributed by atoms with van der Waals surface area (Å²) in [7, 11) is -1.60. The number of hydrogen-bond donors (Lipinski definition) is 1. The highest BCUT2D eigenvalue weighted by Crippen LogP contribution is 2.25. The average Bonchev–Trinajstić information content (AvgIpc) is 2.39. The van der Waals surface area contributed by atoms with Gasteiger partial charge in [0.1, 0.15) is 5.75 Å². The van der Waals surface area contributed by atoms with E-state index in [0.29, 0.717) is 17.0 Å². The van der Waals surface area contributed by atoms with Crippen molar-refractivity contribution < 1.29 is 13.2 Å². The number of aromatic nitrogens is 2. The molecule has 0 amide bonds. The first-order valence-electron chi connectivity index (χ1n) is 5.82. The maximum atomic E-state index is 11.5. The van der Waals surface area contributed by atoms with Crippen LogP contribution in [0, 0.1) is 0 Å². The SMILES string of the molecule is COc1ccc(-c2nc(N)ncc2CS(C)(=O)=O)cc1. The van der Waals surface area contributed by atoms with Gasteiger partial charge in [-0.25, -0.2) is 18.4 Å². The third-order valence-corrected chi connectivity index (χ3v) is 3.50. The van der Waals surface area contributed by atoms with Crippen molar-refractivity contribution in [1.82, 2.24) is 9.97 Å². The van der Waals surface area contributed by atoms with Crippen molar-refractivity contribution in [1.29, 1.82) is 0 Å². The van der Waals surface area contributed by atoms with E-state index in [1.54, 1.807) is 31.4 Å². The van der Waals surface area contributed by atoms with Gasteiger partial charge in [0, 0.05) is 23.6 Å². The van der Waals surface area contributed by atoms with Gasteiger partial charge >= 0.3 is 0 Å². The Morgan fingerprint density at radius 3 is 2.45 bits per heavy atom. The zero-order chi connectivity index (χ0) is 14.8. The molecule has 2 aromatic rings. The standard InChI is InChI=1S/C13H15N3O3S/c1-19-11-5-3-9(4-6-11)12-10(8-20(2,17)18)7-15-13(14)16-12/h3-7H,8H2,1-2H3,(H2,14,15,16). The summed E-state index contributed by atoms with van der Waals surface area (Å²) in [6, 6.07) is 7.15. The van der Waals surface area contributed by atoms with Gasteiger partial charge in [-0.2, -0.15) is 0 Å². The van der Waals surface area contributed by atoms with Crippen molar-refractivity contribution in [2.45, 2.75) is 5.75 Å². The van der Waals surface area contributed by atoms with Gasteiger partial charge in [0.25, 0.3) is 0 Å². The van der Waals surface area contributed by atoms with Crippen LogP contribution in [0.1, 0.15) is 5.56 Å². The molecular weight excluding hydrogens is 278 g/mol. The van der Waals surface area contributed by atoms with Crippen LogP contribution in [0.2, 0.25) is 0 Å². The number of anilines is 1. The van der Waals surface area contributed by atoms with Gasteiger partial charge in [0.15, 0.2) is 9.84 Å². The average molecular weight is 293 g/mol. The molecule has 0 unspecified atom stereocenters. The molecule has 0 atom stereocenters. The number of sulfone groups is 1. The fourth-order valence-corrected chi connectivity index (χ4v) is 2.58. The Bertz CT molecular complexity index is 712. The predicted molar refractivity (Wildman–Crippen MR) is 77.0 cm³/mol. The predicted octanol–water partition coefficient (Wildman–Crippen LogP) is 1.28. The Labute approximate surface area is 117 Å². The first-order chi connectivity index (χ1) is 9.39. The molecule has 1 aromatic heterocycles. The van der Waals surface area contributed by atoms with Gasteiger partial charge in [0.2, 0.25) is 5.95 Å². The number of nitrogens with two attached hydrogens (primary N) is 1. The van der Waals surface area contributed by atoms with Gasteiger partial charge in [-0.1, -0.05) is 0 Å². The van der Waals surface area contributed by atoms with Crippen LogP contribution < -0.4 is 10.5 Å². The fraction of sp³-hybridized carbons (Fsp3) is 0.231. The summed E-state index contributed by atoms with van der Waals surface area (Å²) in [5.74, 6) is 0.683.